The standard InChI is InChI=1S/C19H16Br2O3/c1-3-11-4-6-13-18(24)14(20)9-16(23)19(13,21)17(11)12-5-7-15(22)10(2)8-12/h3-5,7-9,13,17,22H,1,6H2,2H3/t13-,17+,19+/m0/s1. The zero-order valence-electron chi connectivity index (χ0n) is 13.1. The van der Waals surface area contributed by atoms with E-state index in [1.807, 2.05) is 19.1 Å². The fourth-order valence-corrected chi connectivity index (χ4v) is 5.08. The molecule has 124 valence electrons. The summed E-state index contributed by atoms with van der Waals surface area (Å²) in [6, 6.07) is 5.26. The largest absolute Gasteiger partial charge is 0.508 e. The first-order chi connectivity index (χ1) is 11.3. The number of aromatic hydroxyl groups is 1. The molecule has 0 saturated carbocycles. The summed E-state index contributed by atoms with van der Waals surface area (Å²) in [4.78, 5) is 25.5. The van der Waals surface area contributed by atoms with Crippen molar-refractivity contribution in [3.8, 4) is 5.75 Å². The molecule has 0 aromatic heterocycles. The van der Waals surface area contributed by atoms with Crippen LogP contribution in [0.2, 0.25) is 0 Å². The zero-order chi connectivity index (χ0) is 17.6. The summed E-state index contributed by atoms with van der Waals surface area (Å²) in [6.45, 7) is 5.68. The Bertz CT molecular complexity index is 822. The van der Waals surface area contributed by atoms with Crippen LogP contribution in [0.1, 0.15) is 23.5 Å². The number of alkyl halides is 1. The van der Waals surface area contributed by atoms with Crippen LogP contribution in [0.15, 0.2) is 53.1 Å². The van der Waals surface area contributed by atoms with E-state index in [9.17, 15) is 14.7 Å². The average Bonchev–Trinajstić information content (AvgIpc) is 2.55. The van der Waals surface area contributed by atoms with Crippen molar-refractivity contribution in [3.63, 3.8) is 0 Å². The smallest absolute Gasteiger partial charge is 0.175 e. The topological polar surface area (TPSA) is 54.4 Å². The minimum Gasteiger partial charge on any atom is -0.508 e. The van der Waals surface area contributed by atoms with Gasteiger partial charge in [-0.25, -0.2) is 0 Å². The van der Waals surface area contributed by atoms with Crippen LogP contribution in [-0.2, 0) is 9.59 Å². The van der Waals surface area contributed by atoms with Crippen LogP contribution in [0.5, 0.6) is 5.75 Å². The molecule has 0 amide bonds. The maximum absolute atomic E-state index is 12.9. The number of phenols is 1. The lowest BCUT2D eigenvalue weighted by atomic mass is 9.64. The lowest BCUT2D eigenvalue weighted by Gasteiger charge is -2.45. The second kappa shape index (κ2) is 6.12. The third-order valence-corrected chi connectivity index (χ3v) is 6.85. The molecule has 0 unspecified atom stereocenters. The second-order valence-electron chi connectivity index (χ2n) is 6.16. The van der Waals surface area contributed by atoms with Gasteiger partial charge in [0.15, 0.2) is 11.6 Å². The second-order valence-corrected chi connectivity index (χ2v) is 8.33. The molecule has 0 radical (unpaired) electrons. The molecule has 0 aliphatic heterocycles. The Balaban J connectivity index is 2.23. The average molecular weight is 452 g/mol. The monoisotopic (exact) mass is 450 g/mol. The number of benzene rings is 1. The number of hydrogen-bond acceptors (Lipinski definition) is 3. The third kappa shape index (κ3) is 2.45. The Labute approximate surface area is 157 Å². The van der Waals surface area contributed by atoms with Gasteiger partial charge in [0.25, 0.3) is 0 Å². The highest BCUT2D eigenvalue weighted by atomic mass is 79.9. The van der Waals surface area contributed by atoms with E-state index in [1.54, 1.807) is 18.2 Å². The summed E-state index contributed by atoms with van der Waals surface area (Å²) in [7, 11) is 0. The third-order valence-electron chi connectivity index (χ3n) is 4.83. The SMILES string of the molecule is C=CC1=CC[C@H]2C(=O)C(Br)=CC(=O)[C@@]2(Br)[C@H]1c1ccc(O)c(C)c1. The molecule has 1 N–H and O–H groups in total. The molecule has 2 aliphatic rings. The number of allylic oxidation sites excluding steroid dienone is 5. The normalized spacial score (nSPS) is 29.6. The minimum absolute atomic E-state index is 0.0775. The van der Waals surface area contributed by atoms with E-state index in [4.69, 9.17) is 0 Å². The molecule has 1 aromatic carbocycles. The molecule has 0 fully saturated rings. The first-order valence-corrected chi connectivity index (χ1v) is 9.16. The summed E-state index contributed by atoms with van der Waals surface area (Å²) in [5.41, 5.74) is 2.49. The van der Waals surface area contributed by atoms with Crippen molar-refractivity contribution in [1.82, 2.24) is 0 Å². The number of carbonyl (C=O) groups is 2. The number of hydrogen-bond donors (Lipinski definition) is 1. The Morgan fingerprint density at radius 3 is 2.71 bits per heavy atom. The van der Waals surface area contributed by atoms with Crippen molar-refractivity contribution in [2.24, 2.45) is 5.92 Å². The predicted molar refractivity (Wildman–Crippen MR) is 101 cm³/mol. The van der Waals surface area contributed by atoms with Crippen LogP contribution in [0, 0.1) is 12.8 Å². The minimum atomic E-state index is -1.04. The summed E-state index contributed by atoms with van der Waals surface area (Å²) < 4.78 is -0.716. The van der Waals surface area contributed by atoms with Crippen LogP contribution in [0.25, 0.3) is 0 Å². The van der Waals surface area contributed by atoms with Gasteiger partial charge >= 0.3 is 0 Å². The van der Waals surface area contributed by atoms with Crippen LogP contribution in [0.4, 0.5) is 0 Å². The lowest BCUT2D eigenvalue weighted by Crippen LogP contribution is -2.52. The molecular formula is C19H16Br2O3. The van der Waals surface area contributed by atoms with Crippen molar-refractivity contribution in [2.45, 2.75) is 23.6 Å². The lowest BCUT2D eigenvalue weighted by molar-refractivity contribution is -0.127. The summed E-state index contributed by atoms with van der Waals surface area (Å²) >= 11 is 6.85. The summed E-state index contributed by atoms with van der Waals surface area (Å²) in [5, 5.41) is 9.81. The van der Waals surface area contributed by atoms with E-state index < -0.39 is 10.2 Å². The van der Waals surface area contributed by atoms with Crippen molar-refractivity contribution >= 4 is 43.4 Å². The Morgan fingerprint density at radius 1 is 1.38 bits per heavy atom. The fourth-order valence-electron chi connectivity index (χ4n) is 3.56. The molecule has 1 aromatic rings. The molecule has 0 bridgehead atoms. The molecule has 3 atom stereocenters. The Kier molecular flexibility index (Phi) is 4.43. The van der Waals surface area contributed by atoms with Gasteiger partial charge < -0.3 is 5.11 Å². The number of halogens is 2. The number of phenolic OH excluding ortho intramolecular Hbond substituents is 1. The van der Waals surface area contributed by atoms with E-state index in [1.165, 1.54) is 6.08 Å². The molecule has 5 heteroatoms. The van der Waals surface area contributed by atoms with Gasteiger partial charge in [-0.1, -0.05) is 46.8 Å². The van der Waals surface area contributed by atoms with E-state index in [0.29, 0.717) is 10.9 Å². The number of Topliss-reactive ketones (excluding diaryl/α,β-unsaturated/α-hetero) is 1. The number of fused-ring (bicyclic) bond motifs is 1. The number of ketones is 2. The molecule has 0 heterocycles. The maximum Gasteiger partial charge on any atom is 0.175 e. The predicted octanol–water partition coefficient (Wildman–Crippen LogP) is 4.48. The molecule has 24 heavy (non-hydrogen) atoms. The van der Waals surface area contributed by atoms with Crippen molar-refractivity contribution in [2.75, 3.05) is 0 Å². The first-order valence-electron chi connectivity index (χ1n) is 7.57. The van der Waals surface area contributed by atoms with Crippen LogP contribution in [0.3, 0.4) is 0 Å². The first kappa shape index (κ1) is 17.4. The van der Waals surface area contributed by atoms with E-state index >= 15 is 0 Å². The van der Waals surface area contributed by atoms with Gasteiger partial charge in [0.1, 0.15) is 10.1 Å². The Morgan fingerprint density at radius 2 is 2.08 bits per heavy atom. The summed E-state index contributed by atoms with van der Waals surface area (Å²) in [6.07, 6.45) is 5.55. The van der Waals surface area contributed by atoms with Gasteiger partial charge in [-0.3, -0.25) is 9.59 Å². The highest BCUT2D eigenvalue weighted by Crippen LogP contribution is 2.54. The van der Waals surface area contributed by atoms with Crippen LogP contribution in [-0.4, -0.2) is 21.0 Å². The van der Waals surface area contributed by atoms with Gasteiger partial charge in [0.2, 0.25) is 0 Å². The zero-order valence-corrected chi connectivity index (χ0v) is 16.2. The van der Waals surface area contributed by atoms with Crippen LogP contribution < -0.4 is 0 Å². The van der Waals surface area contributed by atoms with E-state index in [2.05, 4.69) is 38.4 Å². The molecule has 0 saturated heterocycles. The molecule has 2 aliphatic carbocycles. The van der Waals surface area contributed by atoms with Gasteiger partial charge in [-0.05, 0) is 52.0 Å². The van der Waals surface area contributed by atoms with Crippen molar-refractivity contribution in [3.05, 3.63) is 64.2 Å². The fraction of sp³-hybridized carbons (Fsp3) is 0.263. The van der Waals surface area contributed by atoms with Gasteiger partial charge in [0.05, 0.1) is 10.4 Å². The highest BCUT2D eigenvalue weighted by Gasteiger charge is 2.56. The quantitative estimate of drug-likeness (QED) is 0.674. The molecule has 0 spiro atoms. The number of rotatable bonds is 2. The highest BCUT2D eigenvalue weighted by molar-refractivity contribution is 9.12. The summed E-state index contributed by atoms with van der Waals surface area (Å²) in [5.74, 6) is -0.838. The molecule has 3 nitrogen and oxygen atoms in total. The Hall–Kier alpha value is -1.46. The molecule has 3 rings (SSSR count). The van der Waals surface area contributed by atoms with Gasteiger partial charge in [-0.2, -0.15) is 0 Å². The maximum atomic E-state index is 12.9. The van der Waals surface area contributed by atoms with Crippen LogP contribution >= 0.6 is 31.9 Å². The molecular weight excluding hydrogens is 436 g/mol. The van der Waals surface area contributed by atoms with Crippen molar-refractivity contribution in [1.29, 1.82) is 0 Å². The van der Waals surface area contributed by atoms with Gasteiger partial charge in [-0.15, -0.1) is 0 Å². The number of carbonyl (C=O) groups excluding carboxylic acids is 2. The van der Waals surface area contributed by atoms with E-state index in [0.717, 1.165) is 16.7 Å². The van der Waals surface area contributed by atoms with Crippen molar-refractivity contribution < 1.29 is 14.7 Å². The van der Waals surface area contributed by atoms with Gasteiger partial charge in [0, 0.05) is 12.0 Å². The number of aryl methyl sites for hydroxylation is 1. The van der Waals surface area contributed by atoms with E-state index in [-0.39, 0.29) is 23.2 Å².